The Balaban J connectivity index is 0.00000220. The van der Waals surface area contributed by atoms with E-state index in [1.54, 1.807) is 6.07 Å². The van der Waals surface area contributed by atoms with E-state index in [0.29, 0.717) is 12.1 Å². The van der Waals surface area contributed by atoms with Gasteiger partial charge in [-0.3, -0.25) is 9.79 Å². The number of nitrogens with zero attached hydrogens (tertiary/aromatic N) is 2. The molecular weight excluding hydrogens is 435 g/mol. The number of aryl methyl sites for hydroxylation is 2. The van der Waals surface area contributed by atoms with Gasteiger partial charge in [-0.15, -0.1) is 4.34 Å². The third-order valence-corrected chi connectivity index (χ3v) is 4.20. The van der Waals surface area contributed by atoms with Gasteiger partial charge in [0.1, 0.15) is 6.54 Å². The van der Waals surface area contributed by atoms with E-state index < -0.39 is 7.75 Å². The van der Waals surface area contributed by atoms with Crippen LogP contribution in [0.5, 0.6) is 0 Å². The van der Waals surface area contributed by atoms with Gasteiger partial charge in [0.05, 0.1) is 0 Å². The van der Waals surface area contributed by atoms with Crippen LogP contribution in [-0.4, -0.2) is 9.79 Å². The predicted molar refractivity (Wildman–Crippen MR) is 74.8 cm³/mol. The van der Waals surface area contributed by atoms with E-state index in [2.05, 4.69) is 11.5 Å². The lowest BCUT2D eigenvalue weighted by atomic mass is 10.1. The largest absolute Gasteiger partial charge is 1.00 e. The second-order valence-electron chi connectivity index (χ2n) is 4.54. The number of rotatable bonds is 4. The third-order valence-electron chi connectivity index (χ3n) is 3.24. The molecule has 0 spiro atoms. The van der Waals surface area contributed by atoms with Gasteiger partial charge >= 0.3 is 7.75 Å². The molecule has 2 aromatic heterocycles. The predicted octanol–water partition coefficient (Wildman–Crippen LogP) is -4.54. The van der Waals surface area contributed by atoms with Crippen LogP contribution in [0, 0.1) is 0 Å². The summed E-state index contributed by atoms with van der Waals surface area (Å²) in [7, 11) is -4.28. The maximum atomic E-state index is 11.4. The second kappa shape index (κ2) is 8.89. The van der Waals surface area contributed by atoms with Gasteiger partial charge in [0, 0.05) is 30.7 Å². The first-order valence-corrected chi connectivity index (χ1v) is 8.12. The standard InChI is InChI=1S/C14H17N2O3P.2BrH/c1-3-14-11-13(7-10-16(14)20(17,18)19)12-5-8-15(4-2)9-6-12;;/h5-11H,3-4H2,1-2H3;2*1H. The van der Waals surface area contributed by atoms with Crippen LogP contribution in [0.4, 0.5) is 0 Å². The zero-order chi connectivity index (χ0) is 14.8. The van der Waals surface area contributed by atoms with E-state index in [1.165, 1.54) is 6.20 Å². The molecule has 0 bridgehead atoms. The highest BCUT2D eigenvalue weighted by Gasteiger charge is 2.30. The van der Waals surface area contributed by atoms with E-state index in [9.17, 15) is 14.4 Å². The number of hydrogen-bond donors (Lipinski definition) is 2. The Labute approximate surface area is 151 Å². The minimum absolute atomic E-state index is 0. The average Bonchev–Trinajstić information content (AvgIpc) is 2.45. The van der Waals surface area contributed by atoms with Crippen LogP contribution in [0.1, 0.15) is 19.5 Å². The maximum Gasteiger partial charge on any atom is 0.607 e. The molecule has 0 aromatic carbocycles. The molecule has 2 rings (SSSR count). The second-order valence-corrected chi connectivity index (χ2v) is 5.99. The Morgan fingerprint density at radius 2 is 1.55 bits per heavy atom. The van der Waals surface area contributed by atoms with Gasteiger partial charge in [-0.25, -0.2) is 4.57 Å². The summed E-state index contributed by atoms with van der Waals surface area (Å²) in [4.78, 5) is 18.6. The molecule has 0 aliphatic carbocycles. The van der Waals surface area contributed by atoms with Gasteiger partial charge in [0.25, 0.3) is 0 Å². The molecule has 2 aromatic rings. The average molecular weight is 454 g/mol. The molecule has 0 radical (unpaired) electrons. The lowest BCUT2D eigenvalue weighted by Crippen LogP contribution is -3.00. The fourth-order valence-electron chi connectivity index (χ4n) is 2.10. The van der Waals surface area contributed by atoms with Crippen molar-refractivity contribution >= 4 is 7.75 Å². The van der Waals surface area contributed by atoms with Gasteiger partial charge in [-0.05, 0) is 18.1 Å². The number of aromatic nitrogens is 2. The smallest absolute Gasteiger partial charge is 0.607 e. The molecule has 5 nitrogen and oxygen atoms in total. The van der Waals surface area contributed by atoms with Crippen molar-refractivity contribution < 1.29 is 57.2 Å². The Bertz CT molecular complexity index is 660. The Hall–Kier alpha value is -0.590. The minimum atomic E-state index is -4.28. The molecule has 0 amide bonds. The lowest BCUT2D eigenvalue weighted by Gasteiger charge is -2.05. The summed E-state index contributed by atoms with van der Waals surface area (Å²) in [5, 5.41) is 0. The van der Waals surface area contributed by atoms with Crippen LogP contribution in [-0.2, 0) is 17.5 Å². The van der Waals surface area contributed by atoms with Crippen molar-refractivity contribution in [2.45, 2.75) is 26.8 Å². The first-order valence-electron chi connectivity index (χ1n) is 6.56. The lowest BCUT2D eigenvalue weighted by molar-refractivity contribution is -0.693. The molecule has 0 fully saturated rings. The van der Waals surface area contributed by atoms with Gasteiger partial charge in [-0.2, -0.15) is 4.57 Å². The van der Waals surface area contributed by atoms with Gasteiger partial charge in [0.2, 0.25) is 0 Å². The molecule has 8 heteroatoms. The summed E-state index contributed by atoms with van der Waals surface area (Å²) < 4.78 is 14.5. The Morgan fingerprint density at radius 1 is 1.00 bits per heavy atom. The zero-order valence-corrected chi connectivity index (χ0v) is 16.4. The highest BCUT2D eigenvalue weighted by atomic mass is 79.9. The number of halogens is 2. The van der Waals surface area contributed by atoms with Crippen LogP contribution in [0.25, 0.3) is 11.1 Å². The molecule has 0 atom stereocenters. The molecule has 0 aliphatic heterocycles. The van der Waals surface area contributed by atoms with Gasteiger partial charge < -0.3 is 34.0 Å². The summed E-state index contributed by atoms with van der Waals surface area (Å²) >= 11 is 0. The summed E-state index contributed by atoms with van der Waals surface area (Å²) in [5.41, 5.74) is 2.60. The summed E-state index contributed by atoms with van der Waals surface area (Å²) in [5.74, 6) is 0. The monoisotopic (exact) mass is 452 g/mol. The topological polar surface area (TPSA) is 65.3 Å². The van der Waals surface area contributed by atoms with Crippen LogP contribution in [0.2, 0.25) is 0 Å². The van der Waals surface area contributed by atoms with Crippen molar-refractivity contribution in [2.24, 2.45) is 0 Å². The van der Waals surface area contributed by atoms with E-state index in [1.807, 2.05) is 37.5 Å². The van der Waals surface area contributed by atoms with E-state index >= 15 is 0 Å². The molecule has 22 heavy (non-hydrogen) atoms. The Kier molecular flexibility index (Phi) is 8.65. The zero-order valence-electron chi connectivity index (χ0n) is 12.4. The van der Waals surface area contributed by atoms with Crippen molar-refractivity contribution in [3.8, 4) is 11.1 Å². The molecule has 2 heterocycles. The first kappa shape index (κ1) is 21.4. The van der Waals surface area contributed by atoms with E-state index in [4.69, 9.17) is 0 Å². The third kappa shape index (κ3) is 4.96. The fourth-order valence-corrected chi connectivity index (χ4v) is 2.87. The summed E-state index contributed by atoms with van der Waals surface area (Å²) in [6.07, 6.45) is 5.99. The fraction of sp³-hybridized carbons (Fsp3) is 0.286. The SMILES string of the molecule is CCc1cc(-c2cc[n+](CC)cc2)cc[n+]1P(=O)(O)O.[Br-].[Br-]. The van der Waals surface area contributed by atoms with Crippen LogP contribution in [0.15, 0.2) is 42.9 Å². The number of pyridine rings is 2. The minimum Gasteiger partial charge on any atom is -1.00 e. The Morgan fingerprint density at radius 3 is 2.00 bits per heavy atom. The molecule has 0 unspecified atom stereocenters. The highest BCUT2D eigenvalue weighted by Crippen LogP contribution is 2.29. The normalized spacial score (nSPS) is 10.5. The van der Waals surface area contributed by atoms with Crippen molar-refractivity contribution in [1.29, 1.82) is 0 Å². The molecule has 0 saturated heterocycles. The van der Waals surface area contributed by atoms with Crippen molar-refractivity contribution in [2.75, 3.05) is 0 Å². The van der Waals surface area contributed by atoms with Gasteiger partial charge in [0.15, 0.2) is 24.3 Å². The van der Waals surface area contributed by atoms with Crippen molar-refractivity contribution in [3.05, 3.63) is 48.5 Å². The maximum absolute atomic E-state index is 11.4. The van der Waals surface area contributed by atoms with Gasteiger partial charge in [-0.1, -0.05) is 6.92 Å². The highest BCUT2D eigenvalue weighted by molar-refractivity contribution is 7.44. The van der Waals surface area contributed by atoms with Crippen LogP contribution < -0.4 is 42.9 Å². The van der Waals surface area contributed by atoms with Crippen molar-refractivity contribution in [3.63, 3.8) is 0 Å². The molecular formula is C14H19Br2N2O3P. The van der Waals surface area contributed by atoms with Crippen LogP contribution in [0.3, 0.4) is 0 Å². The van der Waals surface area contributed by atoms with Crippen LogP contribution >= 0.6 is 7.75 Å². The summed E-state index contributed by atoms with van der Waals surface area (Å²) in [6, 6.07) is 7.55. The molecule has 0 aliphatic rings. The molecule has 122 valence electrons. The molecule has 2 N–H and O–H groups in total. The summed E-state index contributed by atoms with van der Waals surface area (Å²) in [6.45, 7) is 4.86. The van der Waals surface area contributed by atoms with E-state index in [0.717, 1.165) is 22.0 Å². The number of hydrogen-bond acceptors (Lipinski definition) is 1. The quantitative estimate of drug-likeness (QED) is 0.362. The first-order chi connectivity index (χ1) is 9.45. The van der Waals surface area contributed by atoms with Crippen molar-refractivity contribution in [1.82, 2.24) is 0 Å². The van der Waals surface area contributed by atoms with E-state index in [-0.39, 0.29) is 34.0 Å². The molecule has 0 saturated carbocycles.